The van der Waals surface area contributed by atoms with Crippen molar-refractivity contribution in [3.8, 4) is 0 Å². The van der Waals surface area contributed by atoms with Crippen molar-refractivity contribution >= 4 is 33.8 Å². The maximum Gasteiger partial charge on any atom is 0.241 e. The second-order valence-electron chi connectivity index (χ2n) is 7.34. The van der Waals surface area contributed by atoms with Crippen molar-refractivity contribution in [2.24, 2.45) is 0 Å². The van der Waals surface area contributed by atoms with E-state index in [1.165, 1.54) is 21.4 Å². The number of aromatic amines is 1. The smallest absolute Gasteiger partial charge is 0.241 e. The summed E-state index contributed by atoms with van der Waals surface area (Å²) in [5.74, 6) is 0.151. The molecule has 0 spiro atoms. The normalized spacial score (nSPS) is 13.3. The number of carbonyl (C=O) groups excluding carboxylic acids is 1. The van der Waals surface area contributed by atoms with Crippen LogP contribution in [0.15, 0.2) is 72.2 Å². The van der Waals surface area contributed by atoms with Crippen molar-refractivity contribution in [2.45, 2.75) is 25.8 Å². The first-order valence-corrected chi connectivity index (χ1v) is 10.7. The topological polar surface area (TPSA) is 56.9 Å². The molecule has 0 aliphatic carbocycles. The Hall–Kier alpha value is -2.89. The lowest BCUT2D eigenvalue weighted by Crippen LogP contribution is -2.40. The fourth-order valence-corrected chi connectivity index (χ4v) is 4.36. The summed E-state index contributed by atoms with van der Waals surface area (Å²) in [6.07, 6.45) is 2.09. The van der Waals surface area contributed by atoms with Crippen molar-refractivity contribution in [1.29, 1.82) is 0 Å². The predicted molar refractivity (Wildman–Crippen MR) is 122 cm³/mol. The minimum Gasteiger partial charge on any atom is -0.361 e. The van der Waals surface area contributed by atoms with Crippen LogP contribution < -0.4 is 10.6 Å². The van der Waals surface area contributed by atoms with Crippen molar-refractivity contribution in [1.82, 2.24) is 10.3 Å². The van der Waals surface area contributed by atoms with Crippen molar-refractivity contribution in [2.75, 3.05) is 11.9 Å². The fourth-order valence-electron chi connectivity index (χ4n) is 3.51. The Labute approximate surface area is 175 Å². The van der Waals surface area contributed by atoms with Crippen LogP contribution in [0.25, 0.3) is 10.9 Å². The molecular weight excluding hydrogens is 378 g/mol. The maximum atomic E-state index is 12.6. The second-order valence-corrected chi connectivity index (χ2v) is 8.32. The summed E-state index contributed by atoms with van der Waals surface area (Å²) in [6, 6.07) is 20.1. The Kier molecular flexibility index (Phi) is 5.79. The molecule has 0 aliphatic heterocycles. The minimum absolute atomic E-state index is 0.0299. The molecule has 2 atom stereocenters. The Bertz CT molecular complexity index is 1080. The van der Waals surface area contributed by atoms with Gasteiger partial charge < -0.3 is 15.6 Å². The zero-order valence-corrected chi connectivity index (χ0v) is 17.4. The van der Waals surface area contributed by atoms with Crippen LogP contribution in [0.2, 0.25) is 0 Å². The first-order valence-electron chi connectivity index (χ1n) is 9.82. The number of hydrogen-bond donors (Lipinski definition) is 3. The van der Waals surface area contributed by atoms with Crippen LogP contribution in [0, 0.1) is 6.92 Å². The van der Waals surface area contributed by atoms with Gasteiger partial charge in [-0.25, -0.2) is 0 Å². The van der Waals surface area contributed by atoms with Crippen LogP contribution in [-0.2, 0) is 4.79 Å². The number of rotatable bonds is 7. The Morgan fingerprint density at radius 2 is 1.86 bits per heavy atom. The Morgan fingerprint density at radius 3 is 2.62 bits per heavy atom. The van der Waals surface area contributed by atoms with Gasteiger partial charge in [-0.2, -0.15) is 0 Å². The number of H-pyrrole nitrogens is 1. The highest BCUT2D eigenvalue weighted by molar-refractivity contribution is 7.10. The molecule has 0 radical (unpaired) electrons. The Balaban J connectivity index is 1.48. The average Bonchev–Trinajstić information content (AvgIpc) is 3.40. The van der Waals surface area contributed by atoms with E-state index in [1.54, 1.807) is 11.3 Å². The number of aryl methyl sites for hydroxylation is 1. The van der Waals surface area contributed by atoms with Crippen LogP contribution in [0.5, 0.6) is 0 Å². The van der Waals surface area contributed by atoms with E-state index in [1.807, 2.05) is 44.2 Å². The van der Waals surface area contributed by atoms with E-state index in [2.05, 4.69) is 57.5 Å². The molecule has 0 aliphatic rings. The van der Waals surface area contributed by atoms with E-state index < -0.39 is 0 Å². The molecule has 4 rings (SSSR count). The number of thiophene rings is 1. The van der Waals surface area contributed by atoms with Gasteiger partial charge in [-0.1, -0.05) is 42.0 Å². The highest BCUT2D eigenvalue weighted by Crippen LogP contribution is 2.32. The number of benzene rings is 2. The van der Waals surface area contributed by atoms with Crippen LogP contribution in [0.4, 0.5) is 5.69 Å². The van der Waals surface area contributed by atoms with Gasteiger partial charge in [0.2, 0.25) is 5.91 Å². The molecule has 0 bridgehead atoms. The van der Waals surface area contributed by atoms with Gasteiger partial charge in [0.25, 0.3) is 0 Å². The first-order chi connectivity index (χ1) is 14.1. The number of anilines is 1. The third-order valence-electron chi connectivity index (χ3n) is 5.22. The van der Waals surface area contributed by atoms with Gasteiger partial charge in [0.15, 0.2) is 0 Å². The molecule has 0 fully saturated rings. The molecule has 1 amide bonds. The standard InChI is InChI=1S/C24H25N3OS/c1-16-9-11-18(12-10-16)27-24(28)17(2)25-15-21(23-8-5-13-29-23)20-14-26-22-7-4-3-6-19(20)22/h3-14,17,21,25-26H,15H2,1-2H3,(H,27,28)/t17-,21+/m1/s1. The number of amides is 1. The molecule has 2 aromatic carbocycles. The van der Waals surface area contributed by atoms with E-state index in [0.717, 1.165) is 11.2 Å². The lowest BCUT2D eigenvalue weighted by molar-refractivity contribution is -0.117. The van der Waals surface area contributed by atoms with E-state index in [-0.39, 0.29) is 17.9 Å². The lowest BCUT2D eigenvalue weighted by Gasteiger charge is -2.20. The molecule has 5 heteroatoms. The summed E-state index contributed by atoms with van der Waals surface area (Å²) in [6.45, 7) is 4.63. The number of fused-ring (bicyclic) bond motifs is 1. The lowest BCUT2D eigenvalue weighted by atomic mass is 9.96. The highest BCUT2D eigenvalue weighted by atomic mass is 32.1. The van der Waals surface area contributed by atoms with Gasteiger partial charge in [0, 0.05) is 40.1 Å². The summed E-state index contributed by atoms with van der Waals surface area (Å²) in [7, 11) is 0. The van der Waals surface area contributed by atoms with Crippen molar-refractivity contribution in [3.05, 3.63) is 88.2 Å². The second kappa shape index (κ2) is 8.64. The largest absolute Gasteiger partial charge is 0.361 e. The van der Waals surface area contributed by atoms with E-state index >= 15 is 0 Å². The van der Waals surface area contributed by atoms with Gasteiger partial charge in [-0.3, -0.25) is 4.79 Å². The van der Waals surface area contributed by atoms with Crippen molar-refractivity contribution < 1.29 is 4.79 Å². The summed E-state index contributed by atoms with van der Waals surface area (Å²) < 4.78 is 0. The molecule has 0 saturated heterocycles. The quantitative estimate of drug-likeness (QED) is 0.393. The van der Waals surface area contributed by atoms with Gasteiger partial charge in [0.1, 0.15) is 0 Å². The molecule has 0 unspecified atom stereocenters. The van der Waals surface area contributed by atoms with Crippen LogP contribution in [0.1, 0.15) is 28.8 Å². The molecule has 0 saturated carbocycles. The van der Waals surface area contributed by atoms with Crippen LogP contribution >= 0.6 is 11.3 Å². The molecule has 4 nitrogen and oxygen atoms in total. The zero-order valence-electron chi connectivity index (χ0n) is 16.6. The number of aromatic nitrogens is 1. The predicted octanol–water partition coefficient (Wildman–Crippen LogP) is 5.29. The van der Waals surface area contributed by atoms with E-state index in [9.17, 15) is 4.79 Å². The minimum atomic E-state index is -0.302. The van der Waals surface area contributed by atoms with Gasteiger partial charge in [0.05, 0.1) is 6.04 Å². The molecule has 2 aromatic heterocycles. The zero-order chi connectivity index (χ0) is 20.2. The monoisotopic (exact) mass is 403 g/mol. The first kappa shape index (κ1) is 19.4. The third-order valence-corrected chi connectivity index (χ3v) is 6.21. The number of nitrogens with one attached hydrogen (secondary N) is 3. The molecule has 29 heavy (non-hydrogen) atoms. The van der Waals surface area contributed by atoms with Crippen molar-refractivity contribution in [3.63, 3.8) is 0 Å². The Morgan fingerprint density at radius 1 is 1.07 bits per heavy atom. The van der Waals surface area contributed by atoms with E-state index in [4.69, 9.17) is 0 Å². The third kappa shape index (κ3) is 4.42. The summed E-state index contributed by atoms with van der Waals surface area (Å²) >= 11 is 1.75. The molecule has 3 N–H and O–H groups in total. The van der Waals surface area contributed by atoms with E-state index in [0.29, 0.717) is 6.54 Å². The molecule has 148 valence electrons. The summed E-state index contributed by atoms with van der Waals surface area (Å²) in [5.41, 5.74) is 4.38. The fraction of sp³-hybridized carbons (Fsp3) is 0.208. The van der Waals surface area contributed by atoms with Gasteiger partial charge >= 0.3 is 0 Å². The molecule has 2 heterocycles. The van der Waals surface area contributed by atoms with Gasteiger partial charge in [-0.05, 0) is 49.1 Å². The summed E-state index contributed by atoms with van der Waals surface area (Å²) in [4.78, 5) is 17.3. The molecule has 4 aromatic rings. The molecular formula is C24H25N3OS. The van der Waals surface area contributed by atoms with Crippen LogP contribution in [-0.4, -0.2) is 23.5 Å². The number of para-hydroxylation sites is 1. The van der Waals surface area contributed by atoms with Gasteiger partial charge in [-0.15, -0.1) is 11.3 Å². The average molecular weight is 404 g/mol. The summed E-state index contributed by atoms with van der Waals surface area (Å²) in [5, 5.41) is 9.75. The number of hydrogen-bond acceptors (Lipinski definition) is 3. The SMILES string of the molecule is Cc1ccc(NC(=O)[C@@H](C)NC[C@H](c2cccs2)c2c[nH]c3ccccc23)cc1. The highest BCUT2D eigenvalue weighted by Gasteiger charge is 2.21. The van der Waals surface area contributed by atoms with Crippen LogP contribution in [0.3, 0.4) is 0 Å². The maximum absolute atomic E-state index is 12.6. The number of carbonyl (C=O) groups is 1.